The van der Waals surface area contributed by atoms with E-state index in [1.165, 1.54) is 0 Å². The van der Waals surface area contributed by atoms with Crippen molar-refractivity contribution >= 4 is 5.91 Å². The highest BCUT2D eigenvalue weighted by molar-refractivity contribution is 5.98. The average molecular weight is 193 g/mol. The normalized spacial score (nSPS) is 15.9. The second-order valence-corrected chi connectivity index (χ2v) is 2.82. The molecular formula is C12H19NO. The Morgan fingerprint density at radius 3 is 2.29 bits per heavy atom. The van der Waals surface area contributed by atoms with Crippen molar-refractivity contribution in [3.63, 3.8) is 0 Å². The first kappa shape index (κ1) is 12.7. The summed E-state index contributed by atoms with van der Waals surface area (Å²) in [6.45, 7) is 12.1. The van der Waals surface area contributed by atoms with Gasteiger partial charge in [0.2, 0.25) is 0 Å². The van der Waals surface area contributed by atoms with Crippen LogP contribution in [-0.2, 0) is 4.79 Å². The molecule has 0 bridgehead atoms. The number of amides is 1. The molecule has 1 aliphatic heterocycles. The Balaban J connectivity index is 0.000000791. The van der Waals surface area contributed by atoms with E-state index in [1.807, 2.05) is 13.8 Å². The molecule has 1 aliphatic rings. The second-order valence-electron chi connectivity index (χ2n) is 2.82. The lowest BCUT2D eigenvalue weighted by Crippen LogP contribution is -2.33. The average Bonchev–Trinajstić information content (AvgIpc) is 2.24. The van der Waals surface area contributed by atoms with E-state index in [2.05, 4.69) is 13.2 Å². The molecule has 0 N–H and O–H groups in total. The molecule has 0 unspecified atom stereocenters. The van der Waals surface area contributed by atoms with Crippen molar-refractivity contribution in [2.45, 2.75) is 20.3 Å². The molecule has 0 aromatic rings. The summed E-state index contributed by atoms with van der Waals surface area (Å²) in [6.07, 6.45) is 4.23. The van der Waals surface area contributed by atoms with Crippen LogP contribution in [0.25, 0.3) is 0 Å². The van der Waals surface area contributed by atoms with Crippen LogP contribution in [0.1, 0.15) is 20.3 Å². The zero-order valence-corrected chi connectivity index (χ0v) is 9.34. The van der Waals surface area contributed by atoms with E-state index in [0.717, 1.165) is 18.5 Å². The minimum atomic E-state index is 0.0474. The maximum atomic E-state index is 11.5. The zero-order valence-electron chi connectivity index (χ0n) is 9.34. The van der Waals surface area contributed by atoms with Crippen molar-refractivity contribution in [3.05, 3.63) is 36.5 Å². The fraction of sp³-hybridized carbons (Fsp3) is 0.417. The highest BCUT2D eigenvalue weighted by atomic mass is 16.2. The Hall–Kier alpha value is -1.31. The molecule has 0 atom stereocenters. The van der Waals surface area contributed by atoms with Crippen LogP contribution in [0.3, 0.4) is 0 Å². The molecule has 14 heavy (non-hydrogen) atoms. The summed E-state index contributed by atoms with van der Waals surface area (Å²) < 4.78 is 0. The van der Waals surface area contributed by atoms with E-state index < -0.39 is 0 Å². The third-order valence-electron chi connectivity index (χ3n) is 2.09. The van der Waals surface area contributed by atoms with E-state index in [9.17, 15) is 4.79 Å². The molecule has 78 valence electrons. The number of allylic oxidation sites excluding steroid dienone is 1. The van der Waals surface area contributed by atoms with Crippen LogP contribution < -0.4 is 0 Å². The minimum absolute atomic E-state index is 0.0474. The Kier molecular flexibility index (Phi) is 5.61. The van der Waals surface area contributed by atoms with E-state index in [1.54, 1.807) is 24.1 Å². The van der Waals surface area contributed by atoms with E-state index >= 15 is 0 Å². The Morgan fingerprint density at radius 2 is 1.86 bits per heavy atom. The van der Waals surface area contributed by atoms with Gasteiger partial charge in [0, 0.05) is 19.2 Å². The number of hydrogen-bond donors (Lipinski definition) is 0. The van der Waals surface area contributed by atoms with Crippen LogP contribution in [0.2, 0.25) is 0 Å². The molecule has 0 fully saturated rings. The van der Waals surface area contributed by atoms with Crippen molar-refractivity contribution in [1.29, 1.82) is 0 Å². The third-order valence-corrected chi connectivity index (χ3v) is 2.09. The number of rotatable bonds is 2. The summed E-state index contributed by atoms with van der Waals surface area (Å²) >= 11 is 0. The first-order valence-electron chi connectivity index (χ1n) is 4.94. The molecule has 1 amide bonds. The number of carbonyl (C=O) groups is 1. The quantitative estimate of drug-likeness (QED) is 0.660. The molecule has 0 spiro atoms. The van der Waals surface area contributed by atoms with Crippen LogP contribution in [0.4, 0.5) is 0 Å². The maximum absolute atomic E-state index is 11.5. The molecule has 1 rings (SSSR count). The van der Waals surface area contributed by atoms with Gasteiger partial charge in [0.05, 0.1) is 0 Å². The van der Waals surface area contributed by atoms with Crippen LogP contribution in [-0.4, -0.2) is 24.4 Å². The Morgan fingerprint density at radius 1 is 1.29 bits per heavy atom. The lowest BCUT2D eigenvalue weighted by atomic mass is 10.00. The van der Waals surface area contributed by atoms with E-state index in [4.69, 9.17) is 0 Å². The summed E-state index contributed by atoms with van der Waals surface area (Å²) in [4.78, 5) is 13.2. The lowest BCUT2D eigenvalue weighted by molar-refractivity contribution is -0.126. The summed E-state index contributed by atoms with van der Waals surface area (Å²) in [6, 6.07) is 0. The molecule has 2 heteroatoms. The van der Waals surface area contributed by atoms with E-state index in [0.29, 0.717) is 5.57 Å². The molecule has 2 nitrogen and oxygen atoms in total. The largest absolute Gasteiger partial charge is 0.341 e. The topological polar surface area (TPSA) is 20.3 Å². The van der Waals surface area contributed by atoms with Crippen LogP contribution in [0, 0.1) is 0 Å². The number of hydrogen-bond acceptors (Lipinski definition) is 1. The van der Waals surface area contributed by atoms with Gasteiger partial charge in [-0.3, -0.25) is 4.79 Å². The summed E-state index contributed by atoms with van der Waals surface area (Å²) in [7, 11) is 1.80. The second kappa shape index (κ2) is 6.19. The van der Waals surface area contributed by atoms with Gasteiger partial charge < -0.3 is 4.90 Å². The first-order chi connectivity index (χ1) is 6.70. The fourth-order valence-electron chi connectivity index (χ4n) is 1.30. The zero-order chi connectivity index (χ0) is 11.1. The molecular weight excluding hydrogens is 174 g/mol. The minimum Gasteiger partial charge on any atom is -0.341 e. The monoisotopic (exact) mass is 193 g/mol. The van der Waals surface area contributed by atoms with Gasteiger partial charge in [0.25, 0.3) is 5.91 Å². The Labute approximate surface area is 86.6 Å². The maximum Gasteiger partial charge on any atom is 0.253 e. The predicted molar refractivity (Wildman–Crippen MR) is 61.0 cm³/mol. The van der Waals surface area contributed by atoms with Gasteiger partial charge in [0.15, 0.2) is 0 Å². The van der Waals surface area contributed by atoms with Gasteiger partial charge in [-0.15, -0.1) is 0 Å². The summed E-state index contributed by atoms with van der Waals surface area (Å²) in [5, 5.41) is 0. The highest BCUT2D eigenvalue weighted by Gasteiger charge is 2.20. The SMILES string of the molecule is C=CC1=C(C=C)C(=O)N(C)CC1.CC. The molecule has 0 radical (unpaired) electrons. The van der Waals surface area contributed by atoms with Gasteiger partial charge in [-0.2, -0.15) is 0 Å². The van der Waals surface area contributed by atoms with Crippen LogP contribution in [0.5, 0.6) is 0 Å². The Bertz CT molecular complexity index is 263. The summed E-state index contributed by atoms with van der Waals surface area (Å²) in [5.74, 6) is 0.0474. The third kappa shape index (κ3) is 2.59. The number of nitrogens with zero attached hydrogens (tertiary/aromatic N) is 1. The molecule has 0 aromatic heterocycles. The lowest BCUT2D eigenvalue weighted by Gasteiger charge is -2.24. The summed E-state index contributed by atoms with van der Waals surface area (Å²) in [5.41, 5.74) is 1.70. The first-order valence-corrected chi connectivity index (χ1v) is 4.94. The van der Waals surface area contributed by atoms with Gasteiger partial charge in [-0.25, -0.2) is 0 Å². The van der Waals surface area contributed by atoms with Crippen molar-refractivity contribution in [2.75, 3.05) is 13.6 Å². The van der Waals surface area contributed by atoms with Crippen molar-refractivity contribution in [2.24, 2.45) is 0 Å². The van der Waals surface area contributed by atoms with Crippen LogP contribution >= 0.6 is 0 Å². The fourth-order valence-corrected chi connectivity index (χ4v) is 1.30. The molecule has 0 aliphatic carbocycles. The molecule has 0 saturated heterocycles. The van der Waals surface area contributed by atoms with Crippen molar-refractivity contribution in [1.82, 2.24) is 4.90 Å². The number of carbonyl (C=O) groups excluding carboxylic acids is 1. The smallest absolute Gasteiger partial charge is 0.253 e. The predicted octanol–water partition coefficient (Wildman–Crippen LogP) is 2.54. The molecule has 1 heterocycles. The number of likely N-dealkylation sites (N-methyl/N-ethyl adjacent to an activating group) is 1. The van der Waals surface area contributed by atoms with Gasteiger partial charge in [0.1, 0.15) is 0 Å². The van der Waals surface area contributed by atoms with Crippen LogP contribution in [0.15, 0.2) is 36.5 Å². The van der Waals surface area contributed by atoms with E-state index in [-0.39, 0.29) is 5.91 Å². The van der Waals surface area contributed by atoms with Gasteiger partial charge >= 0.3 is 0 Å². The molecule has 0 aromatic carbocycles. The van der Waals surface area contributed by atoms with Crippen molar-refractivity contribution < 1.29 is 4.79 Å². The van der Waals surface area contributed by atoms with Gasteiger partial charge in [-0.05, 0) is 12.0 Å². The highest BCUT2D eigenvalue weighted by Crippen LogP contribution is 2.19. The standard InChI is InChI=1S/C10H13NO.C2H6/c1-4-8-6-7-11(3)10(12)9(8)5-2;1-2/h4-5H,1-2,6-7H2,3H3;1-2H3. The van der Waals surface area contributed by atoms with Crippen molar-refractivity contribution in [3.8, 4) is 0 Å². The van der Waals surface area contributed by atoms with Gasteiger partial charge in [-0.1, -0.05) is 39.2 Å². The molecule has 0 saturated carbocycles.